The van der Waals surface area contributed by atoms with Crippen LogP contribution < -0.4 is 25.4 Å². The predicted octanol–water partition coefficient (Wildman–Crippen LogP) is 4.13. The Morgan fingerprint density at radius 2 is 1.90 bits per heavy atom. The topological polar surface area (TPSA) is 119 Å². The summed E-state index contributed by atoms with van der Waals surface area (Å²) in [5.74, 6) is 0.198. The second kappa shape index (κ2) is 15.1. The molecule has 0 aliphatic carbocycles. The molecular formula is C27H39F3N4O5S. The molecule has 9 nitrogen and oxygen atoms in total. The molecule has 13 heteroatoms. The maximum Gasteiger partial charge on any atom is 0.407 e. The summed E-state index contributed by atoms with van der Waals surface area (Å²) in [5, 5.41) is 8.60. The van der Waals surface area contributed by atoms with Gasteiger partial charge in [-0.25, -0.2) is 8.42 Å². The predicted molar refractivity (Wildman–Crippen MR) is 148 cm³/mol. The fourth-order valence-electron chi connectivity index (χ4n) is 3.90. The molecule has 0 bridgehead atoms. The van der Waals surface area contributed by atoms with E-state index in [1.807, 2.05) is 20.8 Å². The molecule has 1 heterocycles. The van der Waals surface area contributed by atoms with Crippen molar-refractivity contribution < 1.29 is 35.9 Å². The van der Waals surface area contributed by atoms with Gasteiger partial charge in [-0.05, 0) is 42.5 Å². The number of methoxy groups -OCH3 is 1. The lowest BCUT2D eigenvalue weighted by Gasteiger charge is -2.29. The maximum atomic E-state index is 13.9. The summed E-state index contributed by atoms with van der Waals surface area (Å²) in [5.41, 5.74) is 0.539. The minimum atomic E-state index is -4.62. The number of sulfone groups is 1. The maximum absolute atomic E-state index is 13.9. The van der Waals surface area contributed by atoms with Gasteiger partial charge in [0.15, 0.2) is 9.84 Å². The Balaban J connectivity index is 2.09. The van der Waals surface area contributed by atoms with Crippen LogP contribution in [-0.2, 0) is 14.6 Å². The molecule has 2 aromatic rings. The summed E-state index contributed by atoms with van der Waals surface area (Å²) in [6.45, 7) is 5.83. The van der Waals surface area contributed by atoms with E-state index in [4.69, 9.17) is 9.47 Å². The minimum Gasteiger partial charge on any atom is -0.494 e. The Labute approximate surface area is 234 Å². The first-order chi connectivity index (χ1) is 18.7. The Kier molecular flexibility index (Phi) is 12.5. The molecule has 0 spiro atoms. The molecule has 3 atom stereocenters. The molecule has 2 rings (SSSR count). The van der Waals surface area contributed by atoms with Crippen LogP contribution in [0.4, 0.5) is 18.9 Å². The zero-order chi connectivity index (χ0) is 29.9. The number of anilines is 1. The number of aromatic nitrogens is 1. The van der Waals surface area contributed by atoms with Crippen molar-refractivity contribution in [2.45, 2.75) is 57.9 Å². The van der Waals surface area contributed by atoms with E-state index in [1.165, 1.54) is 25.4 Å². The zero-order valence-electron chi connectivity index (χ0n) is 23.4. The average molecular weight is 589 g/mol. The van der Waals surface area contributed by atoms with Crippen molar-refractivity contribution in [3.8, 4) is 11.5 Å². The van der Waals surface area contributed by atoms with E-state index in [1.54, 1.807) is 18.2 Å². The van der Waals surface area contributed by atoms with Gasteiger partial charge < -0.3 is 20.1 Å². The van der Waals surface area contributed by atoms with Crippen molar-refractivity contribution >= 4 is 21.4 Å². The fourth-order valence-corrected chi connectivity index (χ4v) is 4.29. The Bertz CT molecular complexity index is 1180. The highest BCUT2D eigenvalue weighted by molar-refractivity contribution is 7.90. The van der Waals surface area contributed by atoms with E-state index >= 15 is 0 Å². The van der Waals surface area contributed by atoms with Crippen LogP contribution in [0.2, 0.25) is 0 Å². The highest BCUT2D eigenvalue weighted by Crippen LogP contribution is 2.33. The van der Waals surface area contributed by atoms with Crippen molar-refractivity contribution in [2.24, 2.45) is 5.92 Å². The van der Waals surface area contributed by atoms with Gasteiger partial charge in [-0.15, -0.1) is 0 Å². The number of carbonyl (C=O) groups is 1. The molecule has 0 saturated heterocycles. The van der Waals surface area contributed by atoms with Crippen LogP contribution in [0.3, 0.4) is 0 Å². The molecule has 0 aliphatic rings. The van der Waals surface area contributed by atoms with Crippen LogP contribution in [0, 0.1) is 5.92 Å². The van der Waals surface area contributed by atoms with Crippen LogP contribution in [0.5, 0.6) is 11.5 Å². The van der Waals surface area contributed by atoms with E-state index in [0.717, 1.165) is 12.5 Å². The number of rotatable bonds is 16. The van der Waals surface area contributed by atoms with Gasteiger partial charge in [-0.3, -0.25) is 15.1 Å². The molecule has 0 fully saturated rings. The Morgan fingerprint density at radius 3 is 2.45 bits per heavy atom. The number of hydrogen-bond donors (Lipinski definition) is 3. The first-order valence-electron chi connectivity index (χ1n) is 13.0. The van der Waals surface area contributed by atoms with Crippen LogP contribution in [0.1, 0.15) is 45.2 Å². The minimum absolute atomic E-state index is 0.000261. The van der Waals surface area contributed by atoms with Gasteiger partial charge in [-0.2, -0.15) is 13.2 Å². The van der Waals surface area contributed by atoms with E-state index < -0.39 is 34.0 Å². The van der Waals surface area contributed by atoms with E-state index in [-0.39, 0.29) is 42.8 Å². The van der Waals surface area contributed by atoms with Crippen molar-refractivity contribution in [2.75, 3.05) is 37.6 Å². The molecule has 0 radical (unpaired) electrons. The van der Waals surface area contributed by atoms with Gasteiger partial charge in [0.2, 0.25) is 5.91 Å². The largest absolute Gasteiger partial charge is 0.494 e. The lowest BCUT2D eigenvalue weighted by atomic mass is 9.99. The smallest absolute Gasteiger partial charge is 0.407 e. The van der Waals surface area contributed by atoms with Crippen molar-refractivity contribution in [1.29, 1.82) is 0 Å². The number of benzene rings is 1. The van der Waals surface area contributed by atoms with Gasteiger partial charge in [0, 0.05) is 37.3 Å². The second-order valence-electron chi connectivity index (χ2n) is 9.94. The molecule has 0 unspecified atom stereocenters. The first-order valence-corrected chi connectivity index (χ1v) is 15.0. The molecule has 224 valence electrons. The molecule has 0 aliphatic heterocycles. The average Bonchev–Trinajstić information content (AvgIpc) is 2.87. The number of ether oxygens (including phenoxy) is 2. The molecule has 0 saturated carbocycles. The highest BCUT2D eigenvalue weighted by atomic mass is 32.2. The van der Waals surface area contributed by atoms with Crippen molar-refractivity contribution in [3.63, 3.8) is 0 Å². The molecule has 1 aromatic heterocycles. The quantitative estimate of drug-likeness (QED) is 0.268. The standard InChI is InChI=1S/C27H39F3N4O5S/c1-6-20(17-32-22-10-9-21(15-24(22)38-4)39-12-13-40(5,36)37)33-26(35)23(14-18(2)3)34-25(27(28,29)30)19-8-7-11-31-16-19/h7-11,15-16,18,20,23,25,32,34H,6,12-14,17H2,1-5H3,(H,33,35)/t20-,23-,25-/m0/s1. The number of halogens is 3. The first kappa shape index (κ1) is 33.1. The van der Waals surface area contributed by atoms with E-state index in [0.29, 0.717) is 23.6 Å². The molecule has 1 aromatic carbocycles. The third-order valence-electron chi connectivity index (χ3n) is 6.01. The lowest BCUT2D eigenvalue weighted by Crippen LogP contribution is -2.52. The van der Waals surface area contributed by atoms with Crippen molar-refractivity contribution in [1.82, 2.24) is 15.6 Å². The molecule has 1 amide bonds. The number of alkyl halides is 3. The van der Waals surface area contributed by atoms with Gasteiger partial charge in [0.25, 0.3) is 0 Å². The summed E-state index contributed by atoms with van der Waals surface area (Å²) in [4.78, 5) is 17.0. The van der Waals surface area contributed by atoms with Crippen LogP contribution >= 0.6 is 0 Å². The van der Waals surface area contributed by atoms with Crippen molar-refractivity contribution in [3.05, 3.63) is 48.3 Å². The molecule has 40 heavy (non-hydrogen) atoms. The number of pyridine rings is 1. The number of hydrogen-bond acceptors (Lipinski definition) is 8. The number of nitrogens with one attached hydrogen (secondary N) is 3. The van der Waals surface area contributed by atoms with Crippen LogP contribution in [0.25, 0.3) is 0 Å². The summed E-state index contributed by atoms with van der Waals surface area (Å²) < 4.78 is 75.4. The SMILES string of the molecule is CC[C@@H](CNc1ccc(OCCS(C)(=O)=O)cc1OC)NC(=O)[C@H](CC(C)C)N[C@@H](c1cccnc1)C(F)(F)F. The number of amides is 1. The summed E-state index contributed by atoms with van der Waals surface area (Å²) in [7, 11) is -1.68. The van der Waals surface area contributed by atoms with Crippen LogP contribution in [0.15, 0.2) is 42.7 Å². The Hall–Kier alpha value is -3.06. The second-order valence-corrected chi connectivity index (χ2v) is 12.2. The summed E-state index contributed by atoms with van der Waals surface area (Å²) in [6, 6.07) is 4.21. The normalized spacial score (nSPS) is 14.3. The van der Waals surface area contributed by atoms with Gasteiger partial charge in [0.1, 0.15) is 24.1 Å². The van der Waals surface area contributed by atoms with Gasteiger partial charge >= 0.3 is 6.18 Å². The molecule has 3 N–H and O–H groups in total. The number of nitrogens with zero attached hydrogens (tertiary/aromatic N) is 1. The summed E-state index contributed by atoms with van der Waals surface area (Å²) in [6.07, 6.45) is -0.234. The lowest BCUT2D eigenvalue weighted by molar-refractivity contribution is -0.161. The number of carbonyl (C=O) groups excluding carboxylic acids is 1. The monoisotopic (exact) mass is 588 g/mol. The van der Waals surface area contributed by atoms with E-state index in [2.05, 4.69) is 20.9 Å². The third kappa shape index (κ3) is 11.2. The zero-order valence-corrected chi connectivity index (χ0v) is 24.2. The van der Waals surface area contributed by atoms with Crippen LogP contribution in [-0.4, -0.2) is 69.8 Å². The fraction of sp³-hybridized carbons (Fsp3) is 0.556. The highest BCUT2D eigenvalue weighted by Gasteiger charge is 2.43. The third-order valence-corrected chi connectivity index (χ3v) is 6.92. The summed E-state index contributed by atoms with van der Waals surface area (Å²) >= 11 is 0. The van der Waals surface area contributed by atoms with Gasteiger partial charge in [-0.1, -0.05) is 26.8 Å². The Morgan fingerprint density at radius 1 is 1.18 bits per heavy atom. The molecular weight excluding hydrogens is 549 g/mol. The van der Waals surface area contributed by atoms with Gasteiger partial charge in [0.05, 0.1) is 24.6 Å². The van der Waals surface area contributed by atoms with E-state index in [9.17, 15) is 26.4 Å².